The molecule has 112 valence electrons. The van der Waals surface area contributed by atoms with E-state index in [1.807, 2.05) is 6.92 Å². The van der Waals surface area contributed by atoms with Gasteiger partial charge in [0.1, 0.15) is 5.82 Å². The van der Waals surface area contributed by atoms with E-state index in [9.17, 15) is 4.39 Å². The molecule has 0 aromatic heterocycles. The van der Waals surface area contributed by atoms with Gasteiger partial charge in [-0.15, -0.1) is 0 Å². The molecule has 20 heavy (non-hydrogen) atoms. The van der Waals surface area contributed by atoms with Crippen molar-refractivity contribution in [2.45, 2.75) is 57.6 Å². The van der Waals surface area contributed by atoms with E-state index < -0.39 is 0 Å². The summed E-state index contributed by atoms with van der Waals surface area (Å²) in [5.41, 5.74) is 1.79. The van der Waals surface area contributed by atoms with Gasteiger partial charge in [-0.3, -0.25) is 0 Å². The second-order valence-corrected chi connectivity index (χ2v) is 5.93. The molecule has 1 atom stereocenters. The first-order valence-corrected chi connectivity index (χ1v) is 7.67. The molecule has 1 aromatic rings. The predicted molar refractivity (Wildman–Crippen MR) is 80.4 cm³/mol. The van der Waals surface area contributed by atoms with Crippen molar-refractivity contribution >= 4 is 0 Å². The molecule has 2 nitrogen and oxygen atoms in total. The Hall–Kier alpha value is -0.930. The van der Waals surface area contributed by atoms with Crippen molar-refractivity contribution in [2.75, 3.05) is 13.7 Å². The molecule has 0 aliphatic heterocycles. The molecule has 0 radical (unpaired) electrons. The first-order chi connectivity index (χ1) is 9.61. The Kier molecular flexibility index (Phi) is 5.17. The molecule has 0 spiro atoms. The number of hydrogen-bond acceptors (Lipinski definition) is 2. The van der Waals surface area contributed by atoms with Gasteiger partial charge >= 0.3 is 0 Å². The van der Waals surface area contributed by atoms with Crippen LogP contribution in [0.3, 0.4) is 0 Å². The molecule has 0 bridgehead atoms. The van der Waals surface area contributed by atoms with Crippen LogP contribution >= 0.6 is 0 Å². The molecule has 0 amide bonds. The first-order valence-electron chi connectivity index (χ1n) is 7.67. The number of methoxy groups -OCH3 is 1. The normalized spacial score (nSPS) is 19.2. The minimum absolute atomic E-state index is 0.0735. The van der Waals surface area contributed by atoms with Crippen molar-refractivity contribution in [3.63, 3.8) is 0 Å². The predicted octanol–water partition coefficient (Wildman–Crippen LogP) is 4.13. The average molecular weight is 279 g/mol. The molecule has 1 fully saturated rings. The van der Waals surface area contributed by atoms with Crippen LogP contribution in [0.25, 0.3) is 0 Å². The van der Waals surface area contributed by atoms with Gasteiger partial charge in [0.05, 0.1) is 11.6 Å². The second-order valence-electron chi connectivity index (χ2n) is 5.93. The molecule has 0 heterocycles. The van der Waals surface area contributed by atoms with E-state index in [2.05, 4.69) is 18.3 Å². The van der Waals surface area contributed by atoms with E-state index in [4.69, 9.17) is 4.74 Å². The molecule has 1 aliphatic carbocycles. The number of halogens is 1. The summed E-state index contributed by atoms with van der Waals surface area (Å²) in [6.07, 6.45) is 5.52. The van der Waals surface area contributed by atoms with Crippen LogP contribution in [0.4, 0.5) is 4.39 Å². The van der Waals surface area contributed by atoms with Crippen molar-refractivity contribution in [1.82, 2.24) is 5.32 Å². The topological polar surface area (TPSA) is 21.3 Å². The molecule has 1 unspecified atom stereocenters. The van der Waals surface area contributed by atoms with Gasteiger partial charge in [0.2, 0.25) is 0 Å². The van der Waals surface area contributed by atoms with Gasteiger partial charge in [-0.1, -0.05) is 25.8 Å². The van der Waals surface area contributed by atoms with Crippen molar-refractivity contribution in [2.24, 2.45) is 0 Å². The standard InChI is InChI=1S/C17H26FNO/c1-4-9-19-16(17(20-3)7-5-6-8-17)14-10-13(2)11-15(18)12-14/h10-12,16,19H,4-9H2,1-3H3. The van der Waals surface area contributed by atoms with Crippen LogP contribution in [-0.4, -0.2) is 19.3 Å². The van der Waals surface area contributed by atoms with Crippen LogP contribution in [0.5, 0.6) is 0 Å². The summed E-state index contributed by atoms with van der Waals surface area (Å²) in [7, 11) is 1.79. The lowest BCUT2D eigenvalue weighted by Gasteiger charge is -2.37. The van der Waals surface area contributed by atoms with Crippen LogP contribution in [0.2, 0.25) is 0 Å². The minimum Gasteiger partial charge on any atom is -0.376 e. The second kappa shape index (κ2) is 6.68. The molecule has 1 saturated carbocycles. The highest BCUT2D eigenvalue weighted by atomic mass is 19.1. The Morgan fingerprint density at radius 2 is 2.00 bits per heavy atom. The first kappa shape index (κ1) is 15.5. The molecular weight excluding hydrogens is 253 g/mol. The van der Waals surface area contributed by atoms with Crippen molar-refractivity contribution < 1.29 is 9.13 Å². The van der Waals surface area contributed by atoms with E-state index in [0.29, 0.717) is 0 Å². The summed E-state index contributed by atoms with van der Waals surface area (Å²) in [6, 6.07) is 5.38. The monoisotopic (exact) mass is 279 g/mol. The zero-order valence-corrected chi connectivity index (χ0v) is 12.8. The number of benzene rings is 1. The van der Waals surface area contributed by atoms with Crippen molar-refractivity contribution in [1.29, 1.82) is 0 Å². The number of ether oxygens (including phenoxy) is 1. The van der Waals surface area contributed by atoms with Crippen LogP contribution in [-0.2, 0) is 4.74 Å². The van der Waals surface area contributed by atoms with Gasteiger partial charge in [0, 0.05) is 7.11 Å². The summed E-state index contributed by atoms with van der Waals surface area (Å²) in [5.74, 6) is -0.160. The lowest BCUT2D eigenvalue weighted by Crippen LogP contribution is -2.44. The van der Waals surface area contributed by atoms with Gasteiger partial charge in [-0.2, -0.15) is 0 Å². The van der Waals surface area contributed by atoms with E-state index in [1.54, 1.807) is 19.2 Å². The third-order valence-electron chi connectivity index (χ3n) is 4.38. The van der Waals surface area contributed by atoms with Gasteiger partial charge in [0.15, 0.2) is 0 Å². The lowest BCUT2D eigenvalue weighted by atomic mass is 9.86. The fraction of sp³-hybridized carbons (Fsp3) is 0.647. The smallest absolute Gasteiger partial charge is 0.123 e. The third-order valence-corrected chi connectivity index (χ3v) is 4.38. The minimum atomic E-state index is -0.185. The average Bonchev–Trinajstić information content (AvgIpc) is 2.88. The Labute approximate surface area is 121 Å². The molecular formula is C17H26FNO. The van der Waals surface area contributed by atoms with E-state index >= 15 is 0 Å². The molecule has 1 aromatic carbocycles. The molecule has 0 saturated heterocycles. The quantitative estimate of drug-likeness (QED) is 0.845. The molecule has 2 rings (SSSR count). The zero-order chi connectivity index (χ0) is 14.6. The van der Waals surface area contributed by atoms with Crippen LogP contribution < -0.4 is 5.32 Å². The number of nitrogens with one attached hydrogen (secondary N) is 1. The van der Waals surface area contributed by atoms with Gasteiger partial charge in [-0.25, -0.2) is 4.39 Å². The SMILES string of the molecule is CCCNC(c1cc(C)cc(F)c1)C1(OC)CCCC1. The fourth-order valence-corrected chi connectivity index (χ4v) is 3.41. The highest BCUT2D eigenvalue weighted by Gasteiger charge is 2.42. The maximum Gasteiger partial charge on any atom is 0.123 e. The molecule has 1 aliphatic rings. The van der Waals surface area contributed by atoms with E-state index in [0.717, 1.165) is 36.9 Å². The Morgan fingerprint density at radius 3 is 2.55 bits per heavy atom. The summed E-state index contributed by atoms with van der Waals surface area (Å²) in [5, 5.41) is 3.58. The van der Waals surface area contributed by atoms with Crippen molar-refractivity contribution in [3.05, 3.63) is 35.1 Å². The van der Waals surface area contributed by atoms with E-state index in [-0.39, 0.29) is 17.5 Å². The maximum absolute atomic E-state index is 13.8. The maximum atomic E-state index is 13.8. The Morgan fingerprint density at radius 1 is 1.30 bits per heavy atom. The molecule has 1 N–H and O–H groups in total. The molecule has 3 heteroatoms. The Balaban J connectivity index is 2.35. The van der Waals surface area contributed by atoms with Crippen LogP contribution in [0.1, 0.15) is 56.2 Å². The summed E-state index contributed by atoms with van der Waals surface area (Å²) in [6.45, 7) is 5.01. The number of hydrogen-bond donors (Lipinski definition) is 1. The lowest BCUT2D eigenvalue weighted by molar-refractivity contribution is -0.0368. The highest BCUT2D eigenvalue weighted by Crippen LogP contribution is 2.42. The summed E-state index contributed by atoms with van der Waals surface area (Å²) in [4.78, 5) is 0. The Bertz CT molecular complexity index is 420. The zero-order valence-electron chi connectivity index (χ0n) is 12.8. The van der Waals surface area contributed by atoms with Crippen LogP contribution in [0, 0.1) is 12.7 Å². The summed E-state index contributed by atoms with van der Waals surface area (Å²) < 4.78 is 19.7. The highest BCUT2D eigenvalue weighted by molar-refractivity contribution is 5.29. The fourth-order valence-electron chi connectivity index (χ4n) is 3.41. The largest absolute Gasteiger partial charge is 0.376 e. The summed E-state index contributed by atoms with van der Waals surface area (Å²) >= 11 is 0. The number of aryl methyl sites for hydroxylation is 1. The third kappa shape index (κ3) is 3.21. The van der Waals surface area contributed by atoms with Gasteiger partial charge in [0.25, 0.3) is 0 Å². The van der Waals surface area contributed by atoms with E-state index in [1.165, 1.54) is 12.8 Å². The number of rotatable bonds is 6. The van der Waals surface area contributed by atoms with Crippen molar-refractivity contribution in [3.8, 4) is 0 Å². The van der Waals surface area contributed by atoms with Gasteiger partial charge < -0.3 is 10.1 Å². The van der Waals surface area contributed by atoms with Gasteiger partial charge in [-0.05, 0) is 56.0 Å². The van der Waals surface area contributed by atoms with Crippen LogP contribution in [0.15, 0.2) is 18.2 Å².